The lowest BCUT2D eigenvalue weighted by atomic mass is 9.78. The van der Waals surface area contributed by atoms with Crippen molar-refractivity contribution in [3.63, 3.8) is 0 Å². The molecule has 4 nitrogen and oxygen atoms in total. The fraction of sp³-hybridized carbons (Fsp3) is 0.727. The molecular formula is C22H34O4. The molecule has 4 heteroatoms. The van der Waals surface area contributed by atoms with E-state index in [0.29, 0.717) is 49.9 Å². The van der Waals surface area contributed by atoms with Crippen molar-refractivity contribution in [2.24, 2.45) is 17.8 Å². The van der Waals surface area contributed by atoms with Crippen LogP contribution in [0.25, 0.3) is 0 Å². The van der Waals surface area contributed by atoms with Crippen LogP contribution >= 0.6 is 0 Å². The van der Waals surface area contributed by atoms with Gasteiger partial charge in [-0.2, -0.15) is 0 Å². The Morgan fingerprint density at radius 2 is 1.77 bits per heavy atom. The van der Waals surface area contributed by atoms with E-state index in [2.05, 4.69) is 26.0 Å². The minimum absolute atomic E-state index is 0.362. The Morgan fingerprint density at radius 3 is 2.46 bits per heavy atom. The van der Waals surface area contributed by atoms with Gasteiger partial charge in [0.15, 0.2) is 0 Å². The molecule has 0 spiro atoms. The molecule has 2 aliphatic rings. The predicted octanol–water partition coefficient (Wildman–Crippen LogP) is 4.32. The van der Waals surface area contributed by atoms with Crippen molar-refractivity contribution in [3.8, 4) is 5.75 Å². The van der Waals surface area contributed by atoms with Gasteiger partial charge in [-0.05, 0) is 66.0 Å². The Bertz CT molecular complexity index is 571. The molecule has 0 heterocycles. The molecule has 4 unspecified atom stereocenters. The molecule has 2 bridgehead atoms. The van der Waals surface area contributed by atoms with Crippen LogP contribution in [0.5, 0.6) is 5.75 Å². The number of fused-ring (bicyclic) bond motifs is 2. The number of rotatable bonds is 10. The fourth-order valence-corrected chi connectivity index (χ4v) is 4.87. The minimum Gasteiger partial charge on any atom is -0.508 e. The van der Waals surface area contributed by atoms with Gasteiger partial charge in [0.1, 0.15) is 5.75 Å². The SMILES string of the molecule is COCCOCCOCC1CC2CC1CC2c1ccc(O)c(C(C)C)c1. The van der Waals surface area contributed by atoms with Crippen LogP contribution in [-0.4, -0.2) is 45.3 Å². The van der Waals surface area contributed by atoms with E-state index in [9.17, 15) is 5.11 Å². The molecule has 2 saturated carbocycles. The summed E-state index contributed by atoms with van der Waals surface area (Å²) in [6.07, 6.45) is 3.88. The molecule has 3 rings (SSSR count). The van der Waals surface area contributed by atoms with Crippen molar-refractivity contribution in [1.82, 2.24) is 0 Å². The van der Waals surface area contributed by atoms with Crippen LogP contribution in [0.2, 0.25) is 0 Å². The Kier molecular flexibility index (Phi) is 6.96. The third-order valence-electron chi connectivity index (χ3n) is 6.24. The van der Waals surface area contributed by atoms with E-state index in [1.807, 2.05) is 6.07 Å². The van der Waals surface area contributed by atoms with Gasteiger partial charge >= 0.3 is 0 Å². The van der Waals surface area contributed by atoms with E-state index >= 15 is 0 Å². The lowest BCUT2D eigenvalue weighted by Gasteiger charge is -2.28. The van der Waals surface area contributed by atoms with Gasteiger partial charge in [0.25, 0.3) is 0 Å². The van der Waals surface area contributed by atoms with Crippen LogP contribution in [0.1, 0.15) is 56.1 Å². The second-order valence-corrected chi connectivity index (χ2v) is 8.25. The zero-order chi connectivity index (χ0) is 18.5. The minimum atomic E-state index is 0.362. The van der Waals surface area contributed by atoms with E-state index in [4.69, 9.17) is 14.2 Å². The third-order valence-corrected chi connectivity index (χ3v) is 6.24. The highest BCUT2D eigenvalue weighted by molar-refractivity contribution is 5.40. The second kappa shape index (κ2) is 9.20. The highest BCUT2D eigenvalue weighted by Gasteiger charge is 2.46. The van der Waals surface area contributed by atoms with Crippen LogP contribution in [0.15, 0.2) is 18.2 Å². The van der Waals surface area contributed by atoms with Crippen molar-refractivity contribution in [2.75, 3.05) is 40.1 Å². The van der Waals surface area contributed by atoms with Gasteiger partial charge in [0.05, 0.1) is 26.4 Å². The molecular weight excluding hydrogens is 328 g/mol. The van der Waals surface area contributed by atoms with E-state index in [0.717, 1.165) is 24.0 Å². The Hall–Kier alpha value is -1.10. The van der Waals surface area contributed by atoms with E-state index < -0.39 is 0 Å². The van der Waals surface area contributed by atoms with Gasteiger partial charge in [0, 0.05) is 13.7 Å². The lowest BCUT2D eigenvalue weighted by molar-refractivity contribution is 0.00912. The monoisotopic (exact) mass is 362 g/mol. The maximum atomic E-state index is 10.1. The normalized spacial score (nSPS) is 27.5. The van der Waals surface area contributed by atoms with Crippen LogP contribution in [0.3, 0.4) is 0 Å². The van der Waals surface area contributed by atoms with Crippen molar-refractivity contribution in [2.45, 2.75) is 44.9 Å². The van der Waals surface area contributed by atoms with Crippen molar-refractivity contribution in [1.29, 1.82) is 0 Å². The molecule has 26 heavy (non-hydrogen) atoms. The van der Waals surface area contributed by atoms with Gasteiger partial charge in [0.2, 0.25) is 0 Å². The zero-order valence-electron chi connectivity index (χ0n) is 16.4. The average molecular weight is 363 g/mol. The topological polar surface area (TPSA) is 47.9 Å². The Labute approximate surface area is 157 Å². The molecule has 2 fully saturated rings. The number of benzene rings is 1. The number of phenols is 1. The second-order valence-electron chi connectivity index (χ2n) is 8.25. The first kappa shape index (κ1) is 19.7. The summed E-state index contributed by atoms with van der Waals surface area (Å²) in [5.74, 6) is 3.72. The Morgan fingerprint density at radius 1 is 1.00 bits per heavy atom. The number of methoxy groups -OCH3 is 1. The van der Waals surface area contributed by atoms with Crippen molar-refractivity contribution < 1.29 is 19.3 Å². The molecule has 0 saturated heterocycles. The first-order valence-electron chi connectivity index (χ1n) is 10.1. The van der Waals surface area contributed by atoms with Crippen LogP contribution < -0.4 is 0 Å². The molecule has 1 N–H and O–H groups in total. The summed E-state index contributed by atoms with van der Waals surface area (Å²) >= 11 is 0. The average Bonchev–Trinajstić information content (AvgIpc) is 3.21. The molecule has 1 aromatic rings. The van der Waals surface area contributed by atoms with Gasteiger partial charge < -0.3 is 19.3 Å². The summed E-state index contributed by atoms with van der Waals surface area (Å²) in [5, 5.41) is 10.1. The maximum absolute atomic E-state index is 10.1. The van der Waals surface area contributed by atoms with Crippen molar-refractivity contribution in [3.05, 3.63) is 29.3 Å². The summed E-state index contributed by atoms with van der Waals surface area (Å²) < 4.78 is 16.3. The third kappa shape index (κ3) is 4.59. The Balaban J connectivity index is 1.45. The van der Waals surface area contributed by atoms with E-state index in [1.54, 1.807) is 7.11 Å². The predicted molar refractivity (Wildman–Crippen MR) is 103 cm³/mol. The molecule has 4 atom stereocenters. The molecule has 146 valence electrons. The number of hydrogen-bond donors (Lipinski definition) is 1. The molecule has 0 radical (unpaired) electrons. The van der Waals surface area contributed by atoms with Crippen LogP contribution in [0, 0.1) is 17.8 Å². The summed E-state index contributed by atoms with van der Waals surface area (Å²) in [6.45, 7) is 7.77. The maximum Gasteiger partial charge on any atom is 0.119 e. The smallest absolute Gasteiger partial charge is 0.119 e. The van der Waals surface area contributed by atoms with E-state index in [1.165, 1.54) is 24.8 Å². The van der Waals surface area contributed by atoms with Gasteiger partial charge in [-0.3, -0.25) is 0 Å². The first-order valence-corrected chi connectivity index (χ1v) is 10.1. The summed E-state index contributed by atoms with van der Waals surface area (Å²) in [5.41, 5.74) is 2.50. The molecule has 1 aromatic carbocycles. The zero-order valence-corrected chi connectivity index (χ0v) is 16.4. The molecule has 0 aliphatic heterocycles. The fourth-order valence-electron chi connectivity index (χ4n) is 4.87. The van der Waals surface area contributed by atoms with Gasteiger partial charge in [-0.1, -0.05) is 26.0 Å². The summed E-state index contributed by atoms with van der Waals surface area (Å²) in [7, 11) is 1.68. The van der Waals surface area contributed by atoms with Gasteiger partial charge in [-0.25, -0.2) is 0 Å². The first-order chi connectivity index (χ1) is 12.6. The quantitative estimate of drug-likeness (QED) is 0.630. The summed E-state index contributed by atoms with van der Waals surface area (Å²) in [6, 6.07) is 6.27. The molecule has 0 amide bonds. The number of ether oxygens (including phenoxy) is 3. The lowest BCUT2D eigenvalue weighted by Crippen LogP contribution is -2.22. The number of hydrogen-bond acceptors (Lipinski definition) is 4. The molecule has 2 aliphatic carbocycles. The number of aromatic hydroxyl groups is 1. The van der Waals surface area contributed by atoms with E-state index in [-0.39, 0.29) is 0 Å². The molecule has 0 aromatic heterocycles. The van der Waals surface area contributed by atoms with Gasteiger partial charge in [-0.15, -0.1) is 0 Å². The number of phenolic OH excluding ortho intramolecular Hbond substituents is 1. The summed E-state index contributed by atoms with van der Waals surface area (Å²) in [4.78, 5) is 0. The highest BCUT2D eigenvalue weighted by Crippen LogP contribution is 2.56. The van der Waals surface area contributed by atoms with Crippen molar-refractivity contribution >= 4 is 0 Å². The standard InChI is InChI=1S/C22H34O4/c1-15(2)20-12-16(4-5-22(20)23)21-13-17-10-18(21)11-19(17)14-26-9-8-25-7-6-24-3/h4-5,12,15,17-19,21,23H,6-11,13-14H2,1-3H3. The van der Waals surface area contributed by atoms with Crippen LogP contribution in [0.4, 0.5) is 0 Å². The largest absolute Gasteiger partial charge is 0.508 e. The van der Waals surface area contributed by atoms with Crippen LogP contribution in [-0.2, 0) is 14.2 Å². The highest BCUT2D eigenvalue weighted by atomic mass is 16.5.